The van der Waals surface area contributed by atoms with Crippen LogP contribution in [0.4, 0.5) is 13.2 Å². The van der Waals surface area contributed by atoms with Crippen LogP contribution in [0.5, 0.6) is 5.75 Å². The van der Waals surface area contributed by atoms with Crippen LogP contribution < -0.4 is 10.1 Å². The van der Waals surface area contributed by atoms with Gasteiger partial charge in [0.25, 0.3) is 0 Å². The molecule has 8 heteroatoms. The molecule has 1 aromatic carbocycles. The minimum atomic E-state index is -5.16. The number of ether oxygens (including phenoxy) is 2. The number of esters is 2. The second kappa shape index (κ2) is 13.1. The largest absolute Gasteiger partial charge is 0.494 e. The fourth-order valence-corrected chi connectivity index (χ4v) is 2.45. The molecule has 1 aromatic rings. The van der Waals surface area contributed by atoms with Crippen LogP contribution in [0.1, 0.15) is 51.0 Å². The zero-order valence-electron chi connectivity index (χ0n) is 16.1. The molecule has 1 N–H and O–H groups in total. The summed E-state index contributed by atoms with van der Waals surface area (Å²) in [5, 5.41) is 2.93. The van der Waals surface area contributed by atoms with Gasteiger partial charge in [0.1, 0.15) is 5.75 Å². The lowest BCUT2D eigenvalue weighted by molar-refractivity contribution is -0.201. The van der Waals surface area contributed by atoms with Crippen molar-refractivity contribution in [3.8, 4) is 5.75 Å². The molecule has 5 nitrogen and oxygen atoms in total. The van der Waals surface area contributed by atoms with Crippen molar-refractivity contribution in [2.75, 3.05) is 19.7 Å². The summed E-state index contributed by atoms with van der Waals surface area (Å²) in [6.07, 6.45) is 1.07. The van der Waals surface area contributed by atoms with Gasteiger partial charge in [-0.05, 0) is 37.1 Å². The number of hydrogen-bond acceptors (Lipinski definition) is 5. The molecule has 0 aromatic heterocycles. The standard InChI is InChI=1S/C20H28F3NO4/c1-2-3-4-5-6-14-27-17-9-7-8-16(15-17)10-12-24-13-11-18(25)28-19(26)20(21,22)23/h7-9,15,24H,2-6,10-14H2,1H3. The Balaban J connectivity index is 2.18. The summed E-state index contributed by atoms with van der Waals surface area (Å²) in [5.41, 5.74) is 1.05. The molecule has 0 amide bonds. The van der Waals surface area contributed by atoms with E-state index < -0.39 is 18.1 Å². The average molecular weight is 403 g/mol. The van der Waals surface area contributed by atoms with Crippen molar-refractivity contribution in [3.63, 3.8) is 0 Å². The molecule has 1 rings (SSSR count). The molecule has 0 saturated heterocycles. The zero-order valence-corrected chi connectivity index (χ0v) is 16.1. The lowest BCUT2D eigenvalue weighted by Crippen LogP contribution is -2.29. The number of alkyl halides is 3. The van der Waals surface area contributed by atoms with Crippen molar-refractivity contribution >= 4 is 11.9 Å². The molecule has 0 atom stereocenters. The zero-order chi connectivity index (χ0) is 20.8. The second-order valence-corrected chi connectivity index (χ2v) is 6.42. The van der Waals surface area contributed by atoms with Crippen LogP contribution in [0.15, 0.2) is 24.3 Å². The maximum atomic E-state index is 12.0. The van der Waals surface area contributed by atoms with E-state index in [1.54, 1.807) is 0 Å². The first-order valence-electron chi connectivity index (χ1n) is 9.57. The van der Waals surface area contributed by atoms with E-state index in [9.17, 15) is 22.8 Å². The van der Waals surface area contributed by atoms with Gasteiger partial charge in [-0.3, -0.25) is 4.79 Å². The molecule has 0 aliphatic heterocycles. The average Bonchev–Trinajstić information content (AvgIpc) is 2.64. The summed E-state index contributed by atoms with van der Waals surface area (Å²) in [6.45, 7) is 3.51. The van der Waals surface area contributed by atoms with Crippen molar-refractivity contribution in [2.45, 2.75) is 58.0 Å². The molecule has 0 radical (unpaired) electrons. The number of benzene rings is 1. The summed E-state index contributed by atoms with van der Waals surface area (Å²) >= 11 is 0. The topological polar surface area (TPSA) is 64.6 Å². The predicted molar refractivity (Wildman–Crippen MR) is 99.0 cm³/mol. The van der Waals surface area contributed by atoms with Crippen molar-refractivity contribution in [2.24, 2.45) is 0 Å². The Morgan fingerprint density at radius 2 is 1.82 bits per heavy atom. The van der Waals surface area contributed by atoms with Crippen LogP contribution >= 0.6 is 0 Å². The number of halogens is 3. The van der Waals surface area contributed by atoms with E-state index in [2.05, 4.69) is 17.0 Å². The van der Waals surface area contributed by atoms with Gasteiger partial charge in [0.15, 0.2) is 0 Å². The first kappa shape index (κ1) is 23.9. The summed E-state index contributed by atoms with van der Waals surface area (Å²) in [6, 6.07) is 7.70. The molecule has 0 fully saturated rings. The highest BCUT2D eigenvalue weighted by atomic mass is 19.4. The first-order valence-corrected chi connectivity index (χ1v) is 9.57. The minimum Gasteiger partial charge on any atom is -0.494 e. The van der Waals surface area contributed by atoms with Gasteiger partial charge in [0.2, 0.25) is 0 Å². The van der Waals surface area contributed by atoms with Crippen LogP contribution in [-0.4, -0.2) is 37.8 Å². The molecule has 0 unspecified atom stereocenters. The fraction of sp³-hybridized carbons (Fsp3) is 0.600. The Labute approximate surface area is 163 Å². The van der Waals surface area contributed by atoms with Gasteiger partial charge in [0, 0.05) is 6.54 Å². The van der Waals surface area contributed by atoms with E-state index in [4.69, 9.17) is 4.74 Å². The Kier molecular flexibility index (Phi) is 11.2. The highest BCUT2D eigenvalue weighted by Crippen LogP contribution is 2.17. The summed E-state index contributed by atoms with van der Waals surface area (Å²) in [5.74, 6) is -2.88. The Morgan fingerprint density at radius 1 is 1.07 bits per heavy atom. The molecule has 158 valence electrons. The summed E-state index contributed by atoms with van der Waals surface area (Å²) in [4.78, 5) is 21.7. The van der Waals surface area contributed by atoms with Crippen LogP contribution in [-0.2, 0) is 20.7 Å². The van der Waals surface area contributed by atoms with Crippen LogP contribution in [0.25, 0.3) is 0 Å². The van der Waals surface area contributed by atoms with Gasteiger partial charge in [0.05, 0.1) is 13.0 Å². The lowest BCUT2D eigenvalue weighted by atomic mass is 10.1. The highest BCUT2D eigenvalue weighted by molar-refractivity contribution is 5.88. The van der Waals surface area contributed by atoms with E-state index in [-0.39, 0.29) is 13.0 Å². The number of carbonyl (C=O) groups excluding carboxylic acids is 2. The number of hydrogen-bond donors (Lipinski definition) is 1. The third-order valence-corrected chi connectivity index (χ3v) is 3.95. The van der Waals surface area contributed by atoms with Crippen molar-refractivity contribution in [1.82, 2.24) is 5.32 Å². The van der Waals surface area contributed by atoms with Gasteiger partial charge in [-0.25, -0.2) is 4.79 Å². The number of rotatable bonds is 13. The third kappa shape index (κ3) is 10.9. The van der Waals surface area contributed by atoms with Crippen LogP contribution in [0.2, 0.25) is 0 Å². The van der Waals surface area contributed by atoms with Crippen LogP contribution in [0.3, 0.4) is 0 Å². The molecular formula is C20H28F3NO4. The second-order valence-electron chi connectivity index (χ2n) is 6.42. The maximum Gasteiger partial charge on any atom is 0.491 e. The first-order chi connectivity index (χ1) is 13.3. The summed E-state index contributed by atoms with van der Waals surface area (Å²) in [7, 11) is 0. The minimum absolute atomic E-state index is 0.123. The third-order valence-electron chi connectivity index (χ3n) is 3.95. The fourth-order valence-electron chi connectivity index (χ4n) is 2.45. The predicted octanol–water partition coefficient (Wildman–Crippen LogP) is 4.19. The van der Waals surface area contributed by atoms with Crippen molar-refractivity contribution in [3.05, 3.63) is 29.8 Å². The highest BCUT2D eigenvalue weighted by Gasteiger charge is 2.42. The molecular weight excluding hydrogens is 375 g/mol. The molecule has 0 bridgehead atoms. The Morgan fingerprint density at radius 3 is 2.54 bits per heavy atom. The van der Waals surface area contributed by atoms with Crippen molar-refractivity contribution in [1.29, 1.82) is 0 Å². The Hall–Kier alpha value is -2.09. The van der Waals surface area contributed by atoms with Crippen LogP contribution in [0, 0.1) is 0 Å². The van der Waals surface area contributed by atoms with Gasteiger partial charge in [-0.15, -0.1) is 0 Å². The van der Waals surface area contributed by atoms with Gasteiger partial charge in [-0.2, -0.15) is 13.2 Å². The quantitative estimate of drug-likeness (QED) is 0.304. The smallest absolute Gasteiger partial charge is 0.491 e. The molecule has 0 heterocycles. The number of carbonyl (C=O) groups is 2. The van der Waals surface area contributed by atoms with E-state index in [0.717, 1.165) is 24.2 Å². The molecule has 28 heavy (non-hydrogen) atoms. The number of unbranched alkanes of at least 4 members (excludes halogenated alkanes) is 4. The molecule has 0 spiro atoms. The maximum absolute atomic E-state index is 12.0. The van der Waals surface area contributed by atoms with E-state index >= 15 is 0 Å². The van der Waals surface area contributed by atoms with Gasteiger partial charge >= 0.3 is 18.1 Å². The molecule has 0 saturated carbocycles. The molecule has 0 aliphatic rings. The monoisotopic (exact) mass is 403 g/mol. The summed E-state index contributed by atoms with van der Waals surface area (Å²) < 4.78 is 45.4. The van der Waals surface area contributed by atoms with Crippen molar-refractivity contribution < 1.29 is 32.2 Å². The van der Waals surface area contributed by atoms with E-state index in [0.29, 0.717) is 19.6 Å². The normalized spacial score (nSPS) is 11.3. The van der Waals surface area contributed by atoms with E-state index in [1.807, 2.05) is 24.3 Å². The van der Waals surface area contributed by atoms with Gasteiger partial charge in [-0.1, -0.05) is 44.7 Å². The number of nitrogens with one attached hydrogen (secondary N) is 1. The molecule has 0 aliphatic carbocycles. The Bertz CT molecular complexity index is 605. The van der Waals surface area contributed by atoms with E-state index in [1.165, 1.54) is 19.3 Å². The van der Waals surface area contributed by atoms with Gasteiger partial charge < -0.3 is 14.8 Å². The SMILES string of the molecule is CCCCCCCOc1cccc(CCNCCC(=O)OC(=O)C(F)(F)F)c1. The lowest BCUT2D eigenvalue weighted by Gasteiger charge is -2.09.